The Kier molecular flexibility index (Phi) is 3.69. The molecule has 0 N–H and O–H groups in total. The van der Waals surface area contributed by atoms with Crippen LogP contribution >= 0.6 is 15.9 Å². The highest BCUT2D eigenvalue weighted by molar-refractivity contribution is 9.10. The van der Waals surface area contributed by atoms with Crippen LogP contribution in [0.2, 0.25) is 0 Å². The minimum absolute atomic E-state index is 0.918. The zero-order valence-corrected chi connectivity index (χ0v) is 10.4. The van der Waals surface area contributed by atoms with E-state index in [2.05, 4.69) is 34.4 Å². The number of halogens is 1. The summed E-state index contributed by atoms with van der Waals surface area (Å²) < 4.78 is 1.11. The van der Waals surface area contributed by atoms with Crippen LogP contribution in [0.25, 0.3) is 0 Å². The van der Waals surface area contributed by atoms with Crippen molar-refractivity contribution >= 4 is 21.7 Å². The van der Waals surface area contributed by atoms with Crippen LogP contribution in [0, 0.1) is 0 Å². The third-order valence-electron chi connectivity index (χ3n) is 2.21. The lowest BCUT2D eigenvalue weighted by Crippen LogP contribution is -2.14. The quantitative estimate of drug-likeness (QED) is 0.823. The van der Waals surface area contributed by atoms with E-state index in [9.17, 15) is 0 Å². The van der Waals surface area contributed by atoms with Crippen LogP contribution in [-0.2, 0) is 6.42 Å². The number of nitrogens with zero attached hydrogens (tertiary/aromatic N) is 2. The molecule has 0 aliphatic rings. The average Bonchev–Trinajstić information content (AvgIpc) is 2.16. The van der Waals surface area contributed by atoms with Gasteiger partial charge in [0.1, 0.15) is 5.82 Å². The first-order valence-electron chi connectivity index (χ1n) is 4.60. The van der Waals surface area contributed by atoms with Gasteiger partial charge < -0.3 is 4.90 Å². The summed E-state index contributed by atoms with van der Waals surface area (Å²) >= 11 is 3.53. The number of aromatic nitrogens is 1. The Morgan fingerprint density at radius 3 is 2.71 bits per heavy atom. The molecule has 0 aromatic carbocycles. The summed E-state index contributed by atoms with van der Waals surface area (Å²) in [6.45, 7) is 7.95. The molecule has 0 bridgehead atoms. The van der Waals surface area contributed by atoms with Crippen LogP contribution in [0.4, 0.5) is 5.82 Å². The summed E-state index contributed by atoms with van der Waals surface area (Å²) in [6.07, 6.45) is 2.89. The van der Waals surface area contributed by atoms with E-state index in [1.54, 1.807) is 0 Å². The van der Waals surface area contributed by atoms with Gasteiger partial charge in [0, 0.05) is 23.4 Å². The molecule has 0 unspecified atom stereocenters. The van der Waals surface area contributed by atoms with Crippen molar-refractivity contribution in [3.63, 3.8) is 0 Å². The minimum atomic E-state index is 0.918. The van der Waals surface area contributed by atoms with Crippen molar-refractivity contribution in [2.45, 2.75) is 20.3 Å². The van der Waals surface area contributed by atoms with Gasteiger partial charge in [-0.2, -0.15) is 0 Å². The van der Waals surface area contributed by atoms with Gasteiger partial charge in [-0.05, 0) is 25.0 Å². The SMILES string of the molecule is C=C(C)N(C)c1cc(Br)c(CC)cn1. The number of allylic oxidation sites excluding steroid dienone is 1. The number of rotatable bonds is 3. The maximum Gasteiger partial charge on any atom is 0.133 e. The second-order valence-electron chi connectivity index (χ2n) is 3.28. The summed E-state index contributed by atoms with van der Waals surface area (Å²) in [6, 6.07) is 2.02. The lowest BCUT2D eigenvalue weighted by atomic mass is 10.2. The van der Waals surface area contributed by atoms with Crippen LogP contribution in [0.5, 0.6) is 0 Å². The fourth-order valence-electron chi connectivity index (χ4n) is 1.09. The van der Waals surface area contributed by atoms with Crippen molar-refractivity contribution in [2.75, 3.05) is 11.9 Å². The fraction of sp³-hybridized carbons (Fsp3) is 0.364. The lowest BCUT2D eigenvalue weighted by molar-refractivity contribution is 1.02. The first-order valence-corrected chi connectivity index (χ1v) is 5.39. The highest BCUT2D eigenvalue weighted by Crippen LogP contribution is 2.22. The van der Waals surface area contributed by atoms with Crippen molar-refractivity contribution < 1.29 is 0 Å². The third kappa shape index (κ3) is 2.35. The van der Waals surface area contributed by atoms with Gasteiger partial charge >= 0.3 is 0 Å². The molecule has 2 nitrogen and oxygen atoms in total. The van der Waals surface area contributed by atoms with Crippen LogP contribution in [0.1, 0.15) is 19.4 Å². The molecule has 1 aromatic heterocycles. The van der Waals surface area contributed by atoms with Crippen molar-refractivity contribution in [3.8, 4) is 0 Å². The van der Waals surface area contributed by atoms with E-state index in [0.717, 1.165) is 22.4 Å². The number of hydrogen-bond acceptors (Lipinski definition) is 2. The molecule has 1 aromatic rings. The van der Waals surface area contributed by atoms with Gasteiger partial charge in [0.25, 0.3) is 0 Å². The first-order chi connectivity index (χ1) is 6.56. The smallest absolute Gasteiger partial charge is 0.133 e. The Hall–Kier alpha value is -0.830. The zero-order chi connectivity index (χ0) is 10.7. The molecule has 3 heteroatoms. The maximum absolute atomic E-state index is 4.37. The first kappa shape index (κ1) is 11.2. The number of aryl methyl sites for hydroxylation is 1. The highest BCUT2D eigenvalue weighted by Gasteiger charge is 2.05. The molecule has 0 amide bonds. The second-order valence-corrected chi connectivity index (χ2v) is 4.14. The molecular weight excluding hydrogens is 240 g/mol. The molecule has 0 atom stereocenters. The van der Waals surface area contributed by atoms with Crippen molar-refractivity contribution in [1.29, 1.82) is 0 Å². The Labute approximate surface area is 93.8 Å². The third-order valence-corrected chi connectivity index (χ3v) is 2.95. The fourth-order valence-corrected chi connectivity index (χ4v) is 1.68. The predicted molar refractivity (Wildman–Crippen MR) is 64.5 cm³/mol. The molecule has 0 aliphatic carbocycles. The lowest BCUT2D eigenvalue weighted by Gasteiger charge is -2.18. The second kappa shape index (κ2) is 4.60. The van der Waals surface area contributed by atoms with E-state index in [-0.39, 0.29) is 0 Å². The van der Waals surface area contributed by atoms with Crippen molar-refractivity contribution in [1.82, 2.24) is 4.98 Å². The molecule has 1 rings (SSSR count). The Morgan fingerprint density at radius 1 is 1.64 bits per heavy atom. The molecule has 0 fully saturated rings. The molecular formula is C11H15BrN2. The van der Waals surface area contributed by atoms with Crippen molar-refractivity contribution in [3.05, 3.63) is 34.6 Å². The summed E-state index contributed by atoms with van der Waals surface area (Å²) in [7, 11) is 1.96. The molecule has 0 saturated heterocycles. The topological polar surface area (TPSA) is 16.1 Å². The minimum Gasteiger partial charge on any atom is -0.334 e. The Bertz CT molecular complexity index is 347. The summed E-state index contributed by atoms with van der Waals surface area (Å²) in [5.74, 6) is 0.918. The Balaban J connectivity index is 3.02. The number of hydrogen-bond donors (Lipinski definition) is 0. The molecule has 76 valence electrons. The zero-order valence-electron chi connectivity index (χ0n) is 8.84. The number of pyridine rings is 1. The Morgan fingerprint density at radius 2 is 2.29 bits per heavy atom. The number of anilines is 1. The van der Waals surface area contributed by atoms with E-state index in [4.69, 9.17) is 0 Å². The van der Waals surface area contributed by atoms with Gasteiger partial charge in [-0.25, -0.2) is 4.98 Å². The van der Waals surface area contributed by atoms with E-state index in [1.807, 2.05) is 31.1 Å². The molecule has 0 saturated carbocycles. The van der Waals surface area contributed by atoms with E-state index in [1.165, 1.54) is 5.56 Å². The van der Waals surface area contributed by atoms with Crippen LogP contribution in [0.3, 0.4) is 0 Å². The molecule has 0 radical (unpaired) electrons. The van der Waals surface area contributed by atoms with Gasteiger partial charge in [0.05, 0.1) is 0 Å². The van der Waals surface area contributed by atoms with E-state index in [0.29, 0.717) is 0 Å². The molecule has 1 heterocycles. The average molecular weight is 255 g/mol. The monoisotopic (exact) mass is 254 g/mol. The normalized spacial score (nSPS) is 10.0. The van der Waals surface area contributed by atoms with Gasteiger partial charge in [-0.3, -0.25) is 0 Å². The predicted octanol–water partition coefficient (Wildman–Crippen LogP) is 3.38. The van der Waals surface area contributed by atoms with Crippen LogP contribution in [-0.4, -0.2) is 12.0 Å². The standard InChI is InChI=1S/C11H15BrN2/c1-5-9-7-13-11(6-10(9)12)14(4)8(2)3/h6-7H,2,5H2,1,3-4H3. The van der Waals surface area contributed by atoms with Gasteiger partial charge in [-0.1, -0.05) is 29.4 Å². The molecule has 0 aliphatic heterocycles. The largest absolute Gasteiger partial charge is 0.334 e. The molecule has 0 spiro atoms. The summed E-state index contributed by atoms with van der Waals surface area (Å²) in [5.41, 5.74) is 2.21. The van der Waals surface area contributed by atoms with Gasteiger partial charge in [0.15, 0.2) is 0 Å². The summed E-state index contributed by atoms with van der Waals surface area (Å²) in [5, 5.41) is 0. The van der Waals surface area contributed by atoms with Crippen molar-refractivity contribution in [2.24, 2.45) is 0 Å². The van der Waals surface area contributed by atoms with E-state index < -0.39 is 0 Å². The summed E-state index contributed by atoms with van der Waals surface area (Å²) in [4.78, 5) is 6.33. The molecule has 14 heavy (non-hydrogen) atoms. The van der Waals surface area contributed by atoms with Gasteiger partial charge in [-0.15, -0.1) is 0 Å². The highest BCUT2D eigenvalue weighted by atomic mass is 79.9. The van der Waals surface area contributed by atoms with Crippen LogP contribution in [0.15, 0.2) is 29.0 Å². The van der Waals surface area contributed by atoms with E-state index >= 15 is 0 Å². The van der Waals surface area contributed by atoms with Gasteiger partial charge in [0.2, 0.25) is 0 Å². The maximum atomic E-state index is 4.37. The van der Waals surface area contributed by atoms with Crippen LogP contribution < -0.4 is 4.90 Å².